The molecule has 0 saturated carbocycles. The summed E-state index contributed by atoms with van der Waals surface area (Å²) in [6.07, 6.45) is -0.866. The van der Waals surface area contributed by atoms with Gasteiger partial charge in [0.2, 0.25) is 0 Å². The van der Waals surface area contributed by atoms with E-state index in [9.17, 15) is 9.18 Å². The topological polar surface area (TPSA) is 44.8 Å². The summed E-state index contributed by atoms with van der Waals surface area (Å²) in [6, 6.07) is 9.93. The average Bonchev–Trinajstić information content (AvgIpc) is 2.94. The molecular weight excluding hydrogens is 403 g/mol. The minimum Gasteiger partial charge on any atom is -0.467 e. The molecule has 2 atom stereocenters. The van der Waals surface area contributed by atoms with Gasteiger partial charge in [0.05, 0.1) is 12.1 Å². The number of carbonyl (C=O) groups is 1. The summed E-state index contributed by atoms with van der Waals surface area (Å²) < 4.78 is 30.8. The second kappa shape index (κ2) is 6.35. The van der Waals surface area contributed by atoms with Crippen molar-refractivity contribution in [2.45, 2.75) is 11.7 Å². The summed E-state index contributed by atoms with van der Waals surface area (Å²) in [4.78, 5) is 12.7. The minimum atomic E-state index is -1.59. The predicted octanol–water partition coefficient (Wildman–Crippen LogP) is 4.39. The van der Waals surface area contributed by atoms with Crippen LogP contribution in [0.3, 0.4) is 0 Å². The van der Waals surface area contributed by atoms with Crippen LogP contribution in [-0.2, 0) is 19.9 Å². The van der Waals surface area contributed by atoms with Crippen LogP contribution >= 0.6 is 27.5 Å². The number of hydrogen-bond donors (Lipinski definition) is 0. The zero-order valence-electron chi connectivity index (χ0n) is 12.8. The van der Waals surface area contributed by atoms with Crippen molar-refractivity contribution >= 4 is 33.5 Å². The fourth-order valence-corrected chi connectivity index (χ4v) is 3.69. The highest BCUT2D eigenvalue weighted by Gasteiger charge is 2.58. The SMILES string of the molecule is COC(=O)C1(c2ccccc2)Oc2cc(F)c(Cl)c(Br)c2C1OC. The number of rotatable bonds is 3. The van der Waals surface area contributed by atoms with Crippen LogP contribution in [0.5, 0.6) is 5.75 Å². The largest absolute Gasteiger partial charge is 0.467 e. The molecule has 0 amide bonds. The van der Waals surface area contributed by atoms with Gasteiger partial charge < -0.3 is 14.2 Å². The van der Waals surface area contributed by atoms with Gasteiger partial charge in [-0.2, -0.15) is 0 Å². The first-order chi connectivity index (χ1) is 11.5. The van der Waals surface area contributed by atoms with Gasteiger partial charge in [0.1, 0.15) is 17.7 Å². The maximum absolute atomic E-state index is 14.0. The van der Waals surface area contributed by atoms with Crippen molar-refractivity contribution in [3.63, 3.8) is 0 Å². The summed E-state index contributed by atoms with van der Waals surface area (Å²) in [5, 5.41) is -0.104. The summed E-state index contributed by atoms with van der Waals surface area (Å²) in [7, 11) is 2.70. The van der Waals surface area contributed by atoms with Gasteiger partial charge in [-0.05, 0) is 15.9 Å². The van der Waals surface area contributed by atoms with Crippen molar-refractivity contribution in [1.82, 2.24) is 0 Å². The summed E-state index contributed by atoms with van der Waals surface area (Å²) in [5.41, 5.74) is -0.603. The maximum atomic E-state index is 14.0. The first kappa shape index (κ1) is 17.2. The van der Waals surface area contributed by atoms with Crippen LogP contribution in [0, 0.1) is 5.82 Å². The molecule has 2 aromatic rings. The number of esters is 1. The fourth-order valence-electron chi connectivity index (χ4n) is 2.94. The monoisotopic (exact) mass is 414 g/mol. The molecule has 0 spiro atoms. The van der Waals surface area contributed by atoms with Crippen LogP contribution in [0.2, 0.25) is 5.02 Å². The second-order valence-electron chi connectivity index (χ2n) is 5.21. The van der Waals surface area contributed by atoms with Crippen LogP contribution in [0.25, 0.3) is 0 Å². The number of ether oxygens (including phenoxy) is 3. The first-order valence-corrected chi connectivity index (χ1v) is 8.17. The third kappa shape index (κ3) is 2.32. The van der Waals surface area contributed by atoms with E-state index in [0.29, 0.717) is 11.1 Å². The molecule has 24 heavy (non-hydrogen) atoms. The van der Waals surface area contributed by atoms with Crippen molar-refractivity contribution < 1.29 is 23.4 Å². The van der Waals surface area contributed by atoms with Gasteiger partial charge in [0.25, 0.3) is 5.60 Å². The summed E-state index contributed by atoms with van der Waals surface area (Å²) in [6.45, 7) is 0. The van der Waals surface area contributed by atoms with Gasteiger partial charge in [-0.25, -0.2) is 9.18 Å². The Morgan fingerprint density at radius 1 is 1.33 bits per heavy atom. The number of halogens is 3. The number of carbonyl (C=O) groups excluding carboxylic acids is 1. The Morgan fingerprint density at radius 2 is 2.00 bits per heavy atom. The van der Waals surface area contributed by atoms with Gasteiger partial charge >= 0.3 is 5.97 Å². The molecule has 2 aromatic carbocycles. The van der Waals surface area contributed by atoms with Gasteiger partial charge in [-0.15, -0.1) is 0 Å². The van der Waals surface area contributed by atoms with Crippen molar-refractivity contribution in [3.8, 4) is 5.75 Å². The highest BCUT2D eigenvalue weighted by Crippen LogP contribution is 2.55. The van der Waals surface area contributed by atoms with E-state index < -0.39 is 23.5 Å². The minimum absolute atomic E-state index is 0.104. The lowest BCUT2D eigenvalue weighted by Gasteiger charge is -2.31. The molecule has 0 radical (unpaired) electrons. The number of fused-ring (bicyclic) bond motifs is 1. The standard InChI is InChI=1S/C17H13BrClFO4/c1-22-15-12-11(8-10(20)14(19)13(12)18)24-17(15,16(21)23-2)9-6-4-3-5-7-9/h3-8,15H,1-2H3. The summed E-state index contributed by atoms with van der Waals surface area (Å²) in [5.74, 6) is -1.14. The van der Waals surface area contributed by atoms with Crippen molar-refractivity contribution in [3.05, 3.63) is 62.8 Å². The Morgan fingerprint density at radius 3 is 2.58 bits per heavy atom. The van der Waals surface area contributed by atoms with Gasteiger partial charge in [0, 0.05) is 28.8 Å². The third-order valence-electron chi connectivity index (χ3n) is 3.99. The van der Waals surface area contributed by atoms with E-state index in [0.717, 1.165) is 6.07 Å². The van der Waals surface area contributed by atoms with Gasteiger partial charge in [-0.3, -0.25) is 0 Å². The van der Waals surface area contributed by atoms with Crippen molar-refractivity contribution in [2.24, 2.45) is 0 Å². The second-order valence-corrected chi connectivity index (χ2v) is 6.38. The number of hydrogen-bond acceptors (Lipinski definition) is 4. The van der Waals surface area contributed by atoms with Gasteiger partial charge in [0.15, 0.2) is 0 Å². The Bertz CT molecular complexity index is 799. The van der Waals surface area contributed by atoms with Crippen LogP contribution in [0.15, 0.2) is 40.9 Å². The van der Waals surface area contributed by atoms with E-state index in [1.54, 1.807) is 24.3 Å². The Kier molecular flexibility index (Phi) is 4.55. The molecule has 1 aliphatic heterocycles. The summed E-state index contributed by atoms with van der Waals surface area (Å²) >= 11 is 9.26. The van der Waals surface area contributed by atoms with E-state index in [1.165, 1.54) is 14.2 Å². The predicted molar refractivity (Wildman–Crippen MR) is 89.6 cm³/mol. The molecule has 2 unspecified atom stereocenters. The van der Waals surface area contributed by atoms with E-state index in [1.807, 2.05) is 6.07 Å². The molecule has 0 saturated heterocycles. The van der Waals surface area contributed by atoms with Crippen molar-refractivity contribution in [1.29, 1.82) is 0 Å². The zero-order valence-corrected chi connectivity index (χ0v) is 15.2. The van der Waals surface area contributed by atoms with Crippen LogP contribution in [-0.4, -0.2) is 20.2 Å². The molecule has 0 aliphatic carbocycles. The molecule has 1 aliphatic rings. The molecule has 7 heteroatoms. The lowest BCUT2D eigenvalue weighted by molar-refractivity contribution is -0.171. The molecule has 4 nitrogen and oxygen atoms in total. The zero-order chi connectivity index (χ0) is 17.5. The van der Waals surface area contributed by atoms with Crippen LogP contribution < -0.4 is 4.74 Å². The molecule has 0 aromatic heterocycles. The molecule has 1 heterocycles. The molecular formula is C17H13BrClFO4. The lowest BCUT2D eigenvalue weighted by atomic mass is 9.86. The van der Waals surface area contributed by atoms with E-state index in [-0.39, 0.29) is 15.2 Å². The van der Waals surface area contributed by atoms with E-state index in [2.05, 4.69) is 15.9 Å². The lowest BCUT2D eigenvalue weighted by Crippen LogP contribution is -2.45. The van der Waals surface area contributed by atoms with Crippen LogP contribution in [0.1, 0.15) is 17.2 Å². The molecule has 0 fully saturated rings. The third-order valence-corrected chi connectivity index (χ3v) is 5.41. The molecule has 0 bridgehead atoms. The Hall–Kier alpha value is -1.63. The fraction of sp³-hybridized carbons (Fsp3) is 0.235. The quantitative estimate of drug-likeness (QED) is 0.551. The smallest absolute Gasteiger partial charge is 0.358 e. The molecule has 126 valence electrons. The maximum Gasteiger partial charge on any atom is 0.358 e. The normalized spacial score (nSPS) is 22.0. The van der Waals surface area contributed by atoms with E-state index >= 15 is 0 Å². The Labute approximate surface area is 151 Å². The van der Waals surface area contributed by atoms with E-state index in [4.69, 9.17) is 25.8 Å². The molecule has 3 rings (SSSR count). The van der Waals surface area contributed by atoms with Crippen molar-refractivity contribution in [2.75, 3.05) is 14.2 Å². The number of methoxy groups -OCH3 is 2. The van der Waals surface area contributed by atoms with Crippen LogP contribution in [0.4, 0.5) is 4.39 Å². The molecule has 0 N–H and O–H groups in total. The highest BCUT2D eigenvalue weighted by atomic mass is 79.9. The first-order valence-electron chi connectivity index (χ1n) is 7.00. The number of benzene rings is 2. The Balaban J connectivity index is 2.29. The highest BCUT2D eigenvalue weighted by molar-refractivity contribution is 9.10. The average molecular weight is 416 g/mol. The van der Waals surface area contributed by atoms with Gasteiger partial charge in [-0.1, -0.05) is 41.9 Å².